The molecule has 19 heavy (non-hydrogen) atoms. The maximum absolute atomic E-state index is 11.2. The van der Waals surface area contributed by atoms with Crippen LogP contribution in [0, 0.1) is 24.0 Å². The highest BCUT2D eigenvalue weighted by Gasteiger charge is 2.19. The van der Waals surface area contributed by atoms with Gasteiger partial charge in [-0.15, -0.1) is 0 Å². The molecule has 100 valence electrons. The molecule has 0 saturated carbocycles. The van der Waals surface area contributed by atoms with Gasteiger partial charge in [0.15, 0.2) is 0 Å². The molecule has 6 nitrogen and oxygen atoms in total. The molecule has 1 atom stereocenters. The Hall–Kier alpha value is -2.21. The second-order valence-corrected chi connectivity index (χ2v) is 4.52. The molecule has 0 aliphatic heterocycles. The molecule has 0 aliphatic carbocycles. The van der Waals surface area contributed by atoms with Crippen LogP contribution in [0.2, 0.25) is 0 Å². The molecule has 0 unspecified atom stereocenters. The molecule has 1 aromatic heterocycles. The first-order valence-electron chi connectivity index (χ1n) is 5.90. The van der Waals surface area contributed by atoms with Gasteiger partial charge in [-0.2, -0.15) is 5.10 Å². The second kappa shape index (κ2) is 4.81. The van der Waals surface area contributed by atoms with Crippen molar-refractivity contribution in [2.24, 2.45) is 0 Å². The van der Waals surface area contributed by atoms with Gasteiger partial charge in [-0.05, 0) is 38.5 Å². The Labute approximate surface area is 110 Å². The zero-order chi connectivity index (χ0) is 14.2. The van der Waals surface area contributed by atoms with E-state index >= 15 is 0 Å². The summed E-state index contributed by atoms with van der Waals surface area (Å²) < 4.78 is 1.54. The van der Waals surface area contributed by atoms with Crippen molar-refractivity contribution in [3.05, 3.63) is 51.3 Å². The van der Waals surface area contributed by atoms with Crippen LogP contribution < -0.4 is 0 Å². The minimum atomic E-state index is -0.742. The lowest BCUT2D eigenvalue weighted by molar-refractivity contribution is -0.384. The van der Waals surface area contributed by atoms with Crippen molar-refractivity contribution < 1.29 is 10.0 Å². The summed E-state index contributed by atoms with van der Waals surface area (Å²) in [4.78, 5) is 10.7. The fourth-order valence-corrected chi connectivity index (χ4v) is 2.00. The van der Waals surface area contributed by atoms with Gasteiger partial charge >= 0.3 is 0 Å². The lowest BCUT2D eigenvalue weighted by Gasteiger charge is -2.09. The van der Waals surface area contributed by atoms with Crippen LogP contribution in [0.15, 0.2) is 24.3 Å². The van der Waals surface area contributed by atoms with Crippen molar-refractivity contribution in [1.82, 2.24) is 9.78 Å². The molecule has 2 rings (SSSR count). The SMILES string of the molecule is Cc1cc(C)n(-c2ccc([C@H](C)O)cc2[N+](=O)[O-])n1. The smallest absolute Gasteiger partial charge is 0.295 e. The van der Waals surface area contributed by atoms with Crippen LogP contribution in [0.5, 0.6) is 0 Å². The van der Waals surface area contributed by atoms with Gasteiger partial charge in [-0.1, -0.05) is 6.07 Å². The topological polar surface area (TPSA) is 81.2 Å². The Balaban J connectivity index is 2.63. The van der Waals surface area contributed by atoms with E-state index in [1.807, 2.05) is 19.9 Å². The van der Waals surface area contributed by atoms with Gasteiger partial charge in [0, 0.05) is 11.8 Å². The molecule has 0 radical (unpaired) electrons. The van der Waals surface area contributed by atoms with E-state index in [4.69, 9.17) is 0 Å². The van der Waals surface area contributed by atoms with Crippen LogP contribution in [0.3, 0.4) is 0 Å². The van der Waals surface area contributed by atoms with Crippen LogP contribution in [0.1, 0.15) is 30.0 Å². The third-order valence-electron chi connectivity index (χ3n) is 2.92. The molecule has 1 aromatic carbocycles. The van der Waals surface area contributed by atoms with E-state index in [2.05, 4.69) is 5.10 Å². The van der Waals surface area contributed by atoms with E-state index < -0.39 is 11.0 Å². The summed E-state index contributed by atoms with van der Waals surface area (Å²) in [6.07, 6.45) is -0.742. The van der Waals surface area contributed by atoms with Crippen molar-refractivity contribution >= 4 is 5.69 Å². The highest BCUT2D eigenvalue weighted by molar-refractivity contribution is 5.54. The van der Waals surface area contributed by atoms with Gasteiger partial charge in [0.25, 0.3) is 5.69 Å². The average molecular weight is 261 g/mol. The largest absolute Gasteiger partial charge is 0.389 e. The molecule has 0 fully saturated rings. The molecule has 0 bridgehead atoms. The fourth-order valence-electron chi connectivity index (χ4n) is 2.00. The van der Waals surface area contributed by atoms with Gasteiger partial charge in [0.1, 0.15) is 5.69 Å². The van der Waals surface area contributed by atoms with Crippen LogP contribution >= 0.6 is 0 Å². The summed E-state index contributed by atoms with van der Waals surface area (Å²) in [5.41, 5.74) is 2.47. The molecular formula is C13H15N3O3. The van der Waals surface area contributed by atoms with Crippen LogP contribution in [-0.4, -0.2) is 19.8 Å². The molecule has 0 amide bonds. The summed E-state index contributed by atoms with van der Waals surface area (Å²) >= 11 is 0. The molecule has 2 aromatic rings. The monoisotopic (exact) mass is 261 g/mol. The van der Waals surface area contributed by atoms with Gasteiger partial charge in [0.2, 0.25) is 0 Å². The minimum absolute atomic E-state index is 0.0652. The summed E-state index contributed by atoms with van der Waals surface area (Å²) in [7, 11) is 0. The molecule has 1 N–H and O–H groups in total. The van der Waals surface area contributed by atoms with E-state index in [0.29, 0.717) is 11.3 Å². The first kappa shape index (κ1) is 13.2. The number of nitrogens with zero attached hydrogens (tertiary/aromatic N) is 3. The number of aliphatic hydroxyl groups excluding tert-OH is 1. The van der Waals surface area contributed by atoms with Crippen molar-refractivity contribution in [2.45, 2.75) is 26.9 Å². The van der Waals surface area contributed by atoms with Crippen molar-refractivity contribution in [3.8, 4) is 5.69 Å². The number of benzene rings is 1. The van der Waals surface area contributed by atoms with Crippen molar-refractivity contribution in [2.75, 3.05) is 0 Å². The first-order chi connectivity index (χ1) is 8.90. The molecule has 6 heteroatoms. The number of aromatic nitrogens is 2. The van der Waals surface area contributed by atoms with Crippen LogP contribution in [0.4, 0.5) is 5.69 Å². The molecule has 0 aliphatic rings. The standard InChI is InChI=1S/C13H15N3O3/c1-8-6-9(2)15(14-8)12-5-4-11(10(3)17)7-13(12)16(18)19/h4-7,10,17H,1-3H3/t10-/m0/s1. The van der Waals surface area contributed by atoms with Gasteiger partial charge < -0.3 is 5.11 Å². The number of rotatable bonds is 3. The van der Waals surface area contributed by atoms with Crippen molar-refractivity contribution in [3.63, 3.8) is 0 Å². The maximum atomic E-state index is 11.2. The Bertz CT molecular complexity index is 632. The fraction of sp³-hybridized carbons (Fsp3) is 0.308. The van der Waals surface area contributed by atoms with Crippen LogP contribution in [-0.2, 0) is 0 Å². The molecule has 1 heterocycles. The van der Waals surface area contributed by atoms with Crippen LogP contribution in [0.25, 0.3) is 5.69 Å². The Morgan fingerprint density at radius 2 is 2.05 bits per heavy atom. The average Bonchev–Trinajstić information content (AvgIpc) is 2.67. The predicted molar refractivity (Wildman–Crippen MR) is 70.3 cm³/mol. The summed E-state index contributed by atoms with van der Waals surface area (Å²) in [5, 5.41) is 24.9. The third kappa shape index (κ3) is 2.48. The number of hydrogen-bond donors (Lipinski definition) is 1. The Morgan fingerprint density at radius 3 is 2.53 bits per heavy atom. The Morgan fingerprint density at radius 1 is 1.37 bits per heavy atom. The predicted octanol–water partition coefficient (Wildman–Crippen LogP) is 2.45. The van der Waals surface area contributed by atoms with Crippen molar-refractivity contribution in [1.29, 1.82) is 0 Å². The van der Waals surface area contributed by atoms with E-state index in [1.54, 1.807) is 23.7 Å². The zero-order valence-corrected chi connectivity index (χ0v) is 11.0. The summed E-state index contributed by atoms with van der Waals surface area (Å²) in [6.45, 7) is 5.24. The summed E-state index contributed by atoms with van der Waals surface area (Å²) in [6, 6.07) is 6.52. The molecular weight excluding hydrogens is 246 g/mol. The van der Waals surface area contributed by atoms with E-state index in [-0.39, 0.29) is 5.69 Å². The summed E-state index contributed by atoms with van der Waals surface area (Å²) in [5.74, 6) is 0. The van der Waals surface area contributed by atoms with E-state index in [9.17, 15) is 15.2 Å². The quantitative estimate of drug-likeness (QED) is 0.679. The number of hydrogen-bond acceptors (Lipinski definition) is 4. The molecule has 0 saturated heterocycles. The van der Waals surface area contributed by atoms with Gasteiger partial charge in [-0.3, -0.25) is 10.1 Å². The lowest BCUT2D eigenvalue weighted by atomic mass is 10.1. The number of nitro groups is 1. The third-order valence-corrected chi connectivity index (χ3v) is 2.92. The number of aliphatic hydroxyl groups is 1. The zero-order valence-electron chi connectivity index (χ0n) is 11.0. The number of aryl methyl sites for hydroxylation is 2. The van der Waals surface area contributed by atoms with E-state index in [1.165, 1.54) is 6.07 Å². The molecule has 0 spiro atoms. The maximum Gasteiger partial charge on any atom is 0.295 e. The highest BCUT2D eigenvalue weighted by atomic mass is 16.6. The lowest BCUT2D eigenvalue weighted by Crippen LogP contribution is -2.05. The van der Waals surface area contributed by atoms with E-state index in [0.717, 1.165) is 11.4 Å². The minimum Gasteiger partial charge on any atom is -0.389 e. The Kier molecular flexibility index (Phi) is 3.35. The van der Waals surface area contributed by atoms with Gasteiger partial charge in [-0.25, -0.2) is 4.68 Å². The second-order valence-electron chi connectivity index (χ2n) is 4.52. The number of nitro benzene ring substituents is 1. The normalized spacial score (nSPS) is 12.4. The highest BCUT2D eigenvalue weighted by Crippen LogP contribution is 2.27. The first-order valence-corrected chi connectivity index (χ1v) is 5.90. The van der Waals surface area contributed by atoms with Gasteiger partial charge in [0.05, 0.1) is 16.7 Å².